The van der Waals surface area contributed by atoms with Crippen LogP contribution in [0.25, 0.3) is 10.9 Å². The van der Waals surface area contributed by atoms with Gasteiger partial charge in [-0.05, 0) is 29.8 Å². The number of para-hydroxylation sites is 1. The van der Waals surface area contributed by atoms with E-state index in [1.807, 2.05) is 18.2 Å². The number of benzene rings is 2. The first-order chi connectivity index (χ1) is 12.6. The minimum Gasteiger partial charge on any atom is -0.497 e. The van der Waals surface area contributed by atoms with E-state index in [1.165, 1.54) is 11.7 Å². The number of amides is 1. The highest BCUT2D eigenvalue weighted by Crippen LogP contribution is 2.24. The molecule has 0 fully saturated rings. The van der Waals surface area contributed by atoms with Crippen LogP contribution in [0.2, 0.25) is 0 Å². The van der Waals surface area contributed by atoms with Crippen LogP contribution in [0.3, 0.4) is 0 Å². The molecule has 0 radical (unpaired) electrons. The molecule has 2 N–H and O–H groups in total. The third-order valence-electron chi connectivity index (χ3n) is 4.10. The molecular formula is C19H18N2O5. The summed E-state index contributed by atoms with van der Waals surface area (Å²) in [5.41, 5.74) is 2.49. The maximum atomic E-state index is 12.5. The molecule has 3 rings (SSSR count). The quantitative estimate of drug-likeness (QED) is 0.541. The highest BCUT2D eigenvalue weighted by molar-refractivity contribution is 5.96. The summed E-state index contributed by atoms with van der Waals surface area (Å²) in [5.74, 6) is 0.425. The summed E-state index contributed by atoms with van der Waals surface area (Å²) < 4.78 is 12.3. The van der Waals surface area contributed by atoms with Gasteiger partial charge in [-0.1, -0.05) is 12.1 Å². The van der Waals surface area contributed by atoms with E-state index < -0.39 is 11.3 Å². The Labute approximate surface area is 149 Å². The number of hydroxylamine groups is 1. The number of fused-ring (bicyclic) bond motifs is 1. The number of methoxy groups -OCH3 is 2. The van der Waals surface area contributed by atoms with Gasteiger partial charge in [0.2, 0.25) is 5.43 Å². The predicted molar refractivity (Wildman–Crippen MR) is 96.1 cm³/mol. The zero-order valence-electron chi connectivity index (χ0n) is 14.4. The Morgan fingerprint density at radius 1 is 1.12 bits per heavy atom. The molecule has 7 nitrogen and oxygen atoms in total. The van der Waals surface area contributed by atoms with Gasteiger partial charge >= 0.3 is 0 Å². The summed E-state index contributed by atoms with van der Waals surface area (Å²) >= 11 is 0. The van der Waals surface area contributed by atoms with E-state index >= 15 is 0 Å². The normalized spacial score (nSPS) is 10.6. The first kappa shape index (κ1) is 17.5. The fraction of sp³-hybridized carbons (Fsp3) is 0.158. The zero-order valence-corrected chi connectivity index (χ0v) is 14.4. The zero-order chi connectivity index (χ0) is 18.7. The van der Waals surface area contributed by atoms with E-state index in [9.17, 15) is 9.59 Å². The molecular weight excluding hydrogens is 336 g/mol. The van der Waals surface area contributed by atoms with Gasteiger partial charge in [0.25, 0.3) is 5.91 Å². The van der Waals surface area contributed by atoms with E-state index in [0.29, 0.717) is 28.9 Å². The predicted octanol–water partition coefficient (Wildman–Crippen LogP) is 2.19. The molecule has 0 aliphatic carbocycles. The summed E-state index contributed by atoms with van der Waals surface area (Å²) in [6.07, 6.45) is 1.43. The Kier molecular flexibility index (Phi) is 4.90. The van der Waals surface area contributed by atoms with Crippen LogP contribution in [0, 0.1) is 0 Å². The number of nitrogens with one attached hydrogen (secondary N) is 1. The Morgan fingerprint density at radius 3 is 2.38 bits per heavy atom. The van der Waals surface area contributed by atoms with Gasteiger partial charge in [0, 0.05) is 24.2 Å². The van der Waals surface area contributed by atoms with Crippen molar-refractivity contribution >= 4 is 16.8 Å². The van der Waals surface area contributed by atoms with Crippen LogP contribution in [0.1, 0.15) is 15.9 Å². The van der Waals surface area contributed by atoms with Crippen molar-refractivity contribution in [3.63, 3.8) is 0 Å². The van der Waals surface area contributed by atoms with Gasteiger partial charge in [-0.2, -0.15) is 0 Å². The van der Waals surface area contributed by atoms with Crippen molar-refractivity contribution in [3.8, 4) is 11.5 Å². The lowest BCUT2D eigenvalue weighted by Crippen LogP contribution is -2.27. The maximum absolute atomic E-state index is 12.5. The molecule has 1 aromatic heterocycles. The highest BCUT2D eigenvalue weighted by Gasteiger charge is 2.15. The number of pyridine rings is 1. The van der Waals surface area contributed by atoms with Crippen LogP contribution in [0.5, 0.6) is 11.5 Å². The Balaban J connectivity index is 2.17. The molecule has 3 aromatic rings. The fourth-order valence-electron chi connectivity index (χ4n) is 2.85. The first-order valence-corrected chi connectivity index (χ1v) is 7.86. The third kappa shape index (κ3) is 3.25. The van der Waals surface area contributed by atoms with Crippen molar-refractivity contribution in [1.29, 1.82) is 0 Å². The van der Waals surface area contributed by atoms with Crippen LogP contribution in [-0.2, 0) is 6.54 Å². The number of hydrogen-bond donors (Lipinski definition) is 2. The highest BCUT2D eigenvalue weighted by atomic mass is 16.5. The van der Waals surface area contributed by atoms with Crippen LogP contribution in [0.4, 0.5) is 0 Å². The first-order valence-electron chi connectivity index (χ1n) is 7.86. The van der Waals surface area contributed by atoms with Crippen LogP contribution in [-0.4, -0.2) is 29.9 Å². The van der Waals surface area contributed by atoms with E-state index in [4.69, 9.17) is 14.7 Å². The van der Waals surface area contributed by atoms with Gasteiger partial charge < -0.3 is 14.0 Å². The molecule has 1 heterocycles. The molecule has 0 atom stereocenters. The molecule has 0 spiro atoms. The van der Waals surface area contributed by atoms with Gasteiger partial charge in [0.1, 0.15) is 17.1 Å². The largest absolute Gasteiger partial charge is 0.497 e. The standard InChI is InChI=1S/C19H18N2O5/c1-25-13-7-12(8-14(9-13)26-2)10-21-11-16(19(23)20-24)18(22)15-5-3-4-6-17(15)21/h3-9,11,24H,10H2,1-2H3,(H,20,23). The topological polar surface area (TPSA) is 89.8 Å². The second-order valence-corrected chi connectivity index (χ2v) is 5.68. The van der Waals surface area contributed by atoms with Crippen LogP contribution >= 0.6 is 0 Å². The monoisotopic (exact) mass is 354 g/mol. The molecule has 0 aliphatic rings. The molecule has 2 aromatic carbocycles. The molecule has 0 saturated heterocycles. The van der Waals surface area contributed by atoms with Crippen LogP contribution < -0.4 is 20.4 Å². The summed E-state index contributed by atoms with van der Waals surface area (Å²) in [6, 6.07) is 12.4. The van der Waals surface area contributed by atoms with E-state index in [-0.39, 0.29) is 5.56 Å². The summed E-state index contributed by atoms with van der Waals surface area (Å²) in [6.45, 7) is 0.375. The fourth-order valence-corrected chi connectivity index (χ4v) is 2.85. The second-order valence-electron chi connectivity index (χ2n) is 5.68. The number of nitrogens with zero attached hydrogens (tertiary/aromatic N) is 1. The molecule has 0 saturated carbocycles. The summed E-state index contributed by atoms with van der Waals surface area (Å²) in [5, 5.41) is 9.31. The Bertz CT molecular complexity index is 1000. The minimum atomic E-state index is -0.849. The SMILES string of the molecule is COc1cc(Cn2cc(C(=O)NO)c(=O)c3ccccc32)cc(OC)c1. The van der Waals surface area contributed by atoms with Gasteiger partial charge in [-0.25, -0.2) is 5.48 Å². The molecule has 26 heavy (non-hydrogen) atoms. The van der Waals surface area contributed by atoms with Crippen molar-refractivity contribution < 1.29 is 19.5 Å². The maximum Gasteiger partial charge on any atom is 0.280 e. The number of rotatable bonds is 5. The van der Waals surface area contributed by atoms with Crippen molar-refractivity contribution in [2.75, 3.05) is 14.2 Å². The van der Waals surface area contributed by atoms with E-state index in [2.05, 4.69) is 0 Å². The Hall–Kier alpha value is -3.32. The van der Waals surface area contributed by atoms with Gasteiger partial charge in [-0.15, -0.1) is 0 Å². The van der Waals surface area contributed by atoms with Gasteiger partial charge in [0.15, 0.2) is 0 Å². The van der Waals surface area contributed by atoms with Crippen molar-refractivity contribution in [2.45, 2.75) is 6.54 Å². The lowest BCUT2D eigenvalue weighted by atomic mass is 10.1. The number of ether oxygens (including phenoxy) is 2. The molecule has 134 valence electrons. The van der Waals surface area contributed by atoms with E-state index in [0.717, 1.165) is 5.56 Å². The van der Waals surface area contributed by atoms with Gasteiger partial charge in [-0.3, -0.25) is 14.8 Å². The lowest BCUT2D eigenvalue weighted by molar-refractivity contribution is 0.0704. The average molecular weight is 354 g/mol. The van der Waals surface area contributed by atoms with Crippen molar-refractivity contribution in [2.24, 2.45) is 0 Å². The molecule has 0 bridgehead atoms. The summed E-state index contributed by atoms with van der Waals surface area (Å²) in [7, 11) is 3.13. The van der Waals surface area contributed by atoms with Gasteiger partial charge in [0.05, 0.1) is 19.7 Å². The number of aromatic nitrogens is 1. The second kappa shape index (κ2) is 7.28. The van der Waals surface area contributed by atoms with E-state index in [1.54, 1.807) is 43.1 Å². The minimum absolute atomic E-state index is 0.138. The number of hydrogen-bond acceptors (Lipinski definition) is 5. The average Bonchev–Trinajstić information content (AvgIpc) is 2.69. The molecule has 7 heteroatoms. The third-order valence-corrected chi connectivity index (χ3v) is 4.10. The smallest absolute Gasteiger partial charge is 0.280 e. The number of carbonyl (C=O) groups excluding carboxylic acids is 1. The Morgan fingerprint density at radius 2 is 1.77 bits per heavy atom. The van der Waals surface area contributed by atoms with Crippen LogP contribution in [0.15, 0.2) is 53.5 Å². The summed E-state index contributed by atoms with van der Waals surface area (Å²) in [4.78, 5) is 24.4. The number of carbonyl (C=O) groups is 1. The van der Waals surface area contributed by atoms with Crippen molar-refractivity contribution in [1.82, 2.24) is 10.0 Å². The van der Waals surface area contributed by atoms with Crippen molar-refractivity contribution in [3.05, 3.63) is 70.0 Å². The lowest BCUT2D eigenvalue weighted by Gasteiger charge is -2.14. The molecule has 1 amide bonds. The molecule has 0 aliphatic heterocycles. The molecule has 0 unspecified atom stereocenters.